The van der Waals surface area contributed by atoms with Gasteiger partial charge in [0.05, 0.1) is 21.3 Å². The molecular formula is C63H96N6O15. The van der Waals surface area contributed by atoms with Crippen LogP contribution in [0.4, 0.5) is 14.4 Å². The second kappa shape index (κ2) is 36.8. The largest absolute Gasteiger partial charge is 0.467 e. The minimum atomic E-state index is -0.892. The molecule has 0 bridgehead atoms. The Bertz CT molecular complexity index is 2230. The van der Waals surface area contributed by atoms with Gasteiger partial charge in [0.15, 0.2) is 0 Å². The maximum atomic E-state index is 12.9. The standard InChI is InChI=1S/3C21H32N2O5/c3*1-14(2)12-17(19(25)27-6)22-18(24)16(13-15-10-8-7-9-11-15)23-20(26)28-21(3,4)5/h3*7-11,14,16-17H,12-13H2,1-6H3,(H,22,24)(H,23,26)/t3*16-,17-/m000/s1. The highest BCUT2D eigenvalue weighted by Gasteiger charge is 2.33. The van der Waals surface area contributed by atoms with Gasteiger partial charge in [0.2, 0.25) is 17.7 Å². The van der Waals surface area contributed by atoms with Gasteiger partial charge in [-0.15, -0.1) is 0 Å². The Hall–Kier alpha value is -7.71. The van der Waals surface area contributed by atoms with Crippen LogP contribution in [0.15, 0.2) is 91.0 Å². The second-order valence-electron chi connectivity index (χ2n) is 24.3. The van der Waals surface area contributed by atoms with Crippen LogP contribution in [0, 0.1) is 17.8 Å². The number of methoxy groups -OCH3 is 3. The van der Waals surface area contributed by atoms with Crippen molar-refractivity contribution in [1.29, 1.82) is 0 Å². The monoisotopic (exact) mass is 1180 g/mol. The van der Waals surface area contributed by atoms with E-state index in [-0.39, 0.29) is 37.0 Å². The molecule has 468 valence electrons. The number of hydrogen-bond donors (Lipinski definition) is 6. The van der Waals surface area contributed by atoms with Crippen molar-refractivity contribution in [2.45, 2.75) is 195 Å². The molecule has 21 heteroatoms. The first-order chi connectivity index (χ1) is 39.0. The summed E-state index contributed by atoms with van der Waals surface area (Å²) < 4.78 is 30.2. The molecule has 0 unspecified atom stereocenters. The summed E-state index contributed by atoms with van der Waals surface area (Å²) in [5, 5.41) is 15.9. The number of carbonyl (C=O) groups excluding carboxylic acids is 9. The van der Waals surface area contributed by atoms with Crippen LogP contribution in [0.1, 0.15) is 140 Å². The number of carbonyl (C=O) groups is 9. The summed E-state index contributed by atoms with van der Waals surface area (Å²) in [6.45, 7) is 27.4. The van der Waals surface area contributed by atoms with E-state index in [1.54, 1.807) is 62.3 Å². The van der Waals surface area contributed by atoms with E-state index in [1.807, 2.05) is 133 Å². The molecule has 3 aromatic carbocycles. The van der Waals surface area contributed by atoms with Crippen LogP contribution in [0.25, 0.3) is 0 Å². The normalized spacial score (nSPS) is 13.4. The SMILES string of the molecule is COC(=O)[C@H](CC(C)C)NC(=O)[C@H](Cc1ccccc1)NC(=O)OC(C)(C)C.COC(=O)[C@H](CC(C)C)NC(=O)[C@H](Cc1ccccc1)NC(=O)OC(C)(C)C.COC(=O)[C@H](CC(C)C)NC(=O)[C@H](Cc1ccccc1)NC(=O)OC(C)(C)C. The van der Waals surface area contributed by atoms with Gasteiger partial charge in [0, 0.05) is 19.3 Å². The third-order valence-electron chi connectivity index (χ3n) is 11.4. The molecule has 3 rings (SSSR count). The minimum absolute atomic E-state index is 0.177. The zero-order valence-corrected chi connectivity index (χ0v) is 52.7. The third-order valence-corrected chi connectivity index (χ3v) is 11.4. The zero-order chi connectivity index (χ0) is 64.0. The maximum absolute atomic E-state index is 12.9. The Labute approximate surface area is 497 Å². The smallest absolute Gasteiger partial charge is 0.408 e. The van der Waals surface area contributed by atoms with Crippen molar-refractivity contribution in [3.63, 3.8) is 0 Å². The molecule has 0 spiro atoms. The molecule has 6 atom stereocenters. The Morgan fingerprint density at radius 2 is 0.536 bits per heavy atom. The fraction of sp³-hybridized carbons (Fsp3) is 0.571. The zero-order valence-electron chi connectivity index (χ0n) is 52.7. The molecule has 21 nitrogen and oxygen atoms in total. The van der Waals surface area contributed by atoms with E-state index in [2.05, 4.69) is 31.9 Å². The van der Waals surface area contributed by atoms with Gasteiger partial charge in [-0.1, -0.05) is 133 Å². The lowest BCUT2D eigenvalue weighted by Crippen LogP contribution is -2.53. The highest BCUT2D eigenvalue weighted by molar-refractivity contribution is 5.91. The number of alkyl carbamates (subject to hydrolysis) is 3. The van der Waals surface area contributed by atoms with Crippen LogP contribution in [0.2, 0.25) is 0 Å². The van der Waals surface area contributed by atoms with Gasteiger partial charge in [-0.2, -0.15) is 0 Å². The van der Waals surface area contributed by atoms with Crippen LogP contribution in [-0.4, -0.2) is 128 Å². The van der Waals surface area contributed by atoms with Gasteiger partial charge < -0.3 is 60.3 Å². The van der Waals surface area contributed by atoms with Crippen molar-refractivity contribution in [2.24, 2.45) is 17.8 Å². The molecule has 0 aliphatic rings. The van der Waals surface area contributed by atoms with Gasteiger partial charge in [-0.05, 0) is 116 Å². The molecule has 84 heavy (non-hydrogen) atoms. The van der Waals surface area contributed by atoms with Gasteiger partial charge in [-0.3, -0.25) is 14.4 Å². The fourth-order valence-corrected chi connectivity index (χ4v) is 7.83. The molecule has 6 N–H and O–H groups in total. The van der Waals surface area contributed by atoms with Crippen molar-refractivity contribution in [3.05, 3.63) is 108 Å². The predicted octanol–water partition coefficient (Wildman–Crippen LogP) is 8.48. The van der Waals surface area contributed by atoms with Crippen LogP contribution in [-0.2, 0) is 76.5 Å². The fourth-order valence-electron chi connectivity index (χ4n) is 7.83. The lowest BCUT2D eigenvalue weighted by atomic mass is 10.0. The molecule has 6 amide bonds. The van der Waals surface area contributed by atoms with E-state index in [0.29, 0.717) is 19.3 Å². The van der Waals surface area contributed by atoms with Crippen molar-refractivity contribution < 1.29 is 71.6 Å². The summed E-state index contributed by atoms with van der Waals surface area (Å²) in [4.78, 5) is 111. The van der Waals surface area contributed by atoms with Gasteiger partial charge in [-0.25, -0.2) is 28.8 Å². The van der Waals surface area contributed by atoms with E-state index in [4.69, 9.17) is 28.4 Å². The molecular weight excluding hydrogens is 1080 g/mol. The van der Waals surface area contributed by atoms with Crippen LogP contribution < -0.4 is 31.9 Å². The van der Waals surface area contributed by atoms with Crippen molar-refractivity contribution in [3.8, 4) is 0 Å². The van der Waals surface area contributed by atoms with Crippen molar-refractivity contribution >= 4 is 53.9 Å². The lowest BCUT2D eigenvalue weighted by Gasteiger charge is -2.25. The van der Waals surface area contributed by atoms with E-state index >= 15 is 0 Å². The molecule has 0 fully saturated rings. The van der Waals surface area contributed by atoms with E-state index in [9.17, 15) is 43.2 Å². The van der Waals surface area contributed by atoms with Gasteiger partial charge in [0.25, 0.3) is 0 Å². The number of ether oxygens (including phenoxy) is 6. The quantitative estimate of drug-likeness (QED) is 0.0362. The van der Waals surface area contributed by atoms with Crippen LogP contribution >= 0.6 is 0 Å². The molecule has 0 heterocycles. The number of amides is 6. The topological polar surface area (TPSA) is 281 Å². The van der Waals surface area contributed by atoms with Crippen LogP contribution in [0.5, 0.6) is 0 Å². The van der Waals surface area contributed by atoms with Gasteiger partial charge in [0.1, 0.15) is 53.1 Å². The number of nitrogens with one attached hydrogen (secondary N) is 6. The Morgan fingerprint density at radius 3 is 0.702 bits per heavy atom. The first kappa shape index (κ1) is 74.3. The van der Waals surface area contributed by atoms with Crippen LogP contribution in [0.3, 0.4) is 0 Å². The summed E-state index contributed by atoms with van der Waals surface area (Å²) in [5.41, 5.74) is 0.546. The summed E-state index contributed by atoms with van der Waals surface area (Å²) in [5.74, 6) is -2.42. The Balaban J connectivity index is 0.000000630. The average Bonchev–Trinajstić information content (AvgIpc) is 3.42. The molecule has 0 aromatic heterocycles. The minimum Gasteiger partial charge on any atom is -0.467 e. The first-order valence-electron chi connectivity index (χ1n) is 28.3. The number of benzene rings is 3. The molecule has 0 saturated carbocycles. The van der Waals surface area contributed by atoms with Crippen molar-refractivity contribution in [2.75, 3.05) is 21.3 Å². The predicted molar refractivity (Wildman–Crippen MR) is 320 cm³/mol. The molecule has 0 aliphatic carbocycles. The molecule has 0 saturated heterocycles. The third kappa shape index (κ3) is 33.4. The first-order valence-corrected chi connectivity index (χ1v) is 28.3. The number of hydrogen-bond acceptors (Lipinski definition) is 15. The second-order valence-corrected chi connectivity index (χ2v) is 24.3. The van der Waals surface area contributed by atoms with E-state index in [0.717, 1.165) is 16.7 Å². The summed E-state index contributed by atoms with van der Waals surface area (Å²) in [6, 6.07) is 22.9. The highest BCUT2D eigenvalue weighted by Crippen LogP contribution is 2.15. The van der Waals surface area contributed by atoms with Gasteiger partial charge >= 0.3 is 36.2 Å². The number of rotatable bonds is 24. The summed E-state index contributed by atoms with van der Waals surface area (Å²) in [7, 11) is 3.84. The molecule has 0 aliphatic heterocycles. The van der Waals surface area contributed by atoms with Crippen molar-refractivity contribution in [1.82, 2.24) is 31.9 Å². The Kier molecular flexibility index (Phi) is 32.5. The molecule has 0 radical (unpaired) electrons. The molecule has 3 aromatic rings. The maximum Gasteiger partial charge on any atom is 0.408 e. The van der Waals surface area contributed by atoms with E-state index in [1.165, 1.54) is 21.3 Å². The summed E-state index contributed by atoms with van der Waals surface area (Å²) >= 11 is 0. The average molecular weight is 1180 g/mol. The highest BCUT2D eigenvalue weighted by atomic mass is 16.6. The number of esters is 3. The Morgan fingerprint density at radius 1 is 0.333 bits per heavy atom. The van der Waals surface area contributed by atoms with E-state index < -0.39 is 107 Å². The lowest BCUT2D eigenvalue weighted by molar-refractivity contribution is -0.146. The summed E-state index contributed by atoms with van der Waals surface area (Å²) in [6.07, 6.45) is 0.0188.